The average molecular weight is 566 g/mol. The van der Waals surface area contributed by atoms with Crippen LogP contribution in [0, 0.1) is 17.8 Å². The van der Waals surface area contributed by atoms with E-state index >= 15 is 0 Å². The first-order chi connectivity index (χ1) is 19.1. The van der Waals surface area contributed by atoms with Crippen LogP contribution in [0.3, 0.4) is 0 Å². The first-order valence-electron chi connectivity index (χ1n) is 14.8. The number of rotatable bonds is 11. The topological polar surface area (TPSA) is 86.8 Å². The average Bonchev–Trinajstić information content (AvgIpc) is 2.91. The summed E-state index contributed by atoms with van der Waals surface area (Å²) < 4.78 is 27.2. The zero-order valence-electron chi connectivity index (χ0n) is 24.0. The Bertz CT molecular complexity index is 1270. The fourth-order valence-corrected chi connectivity index (χ4v) is 8.90. The van der Waals surface area contributed by atoms with Gasteiger partial charge in [0, 0.05) is 13.1 Å². The number of carbonyl (C=O) groups excluding carboxylic acids is 2. The Morgan fingerprint density at radius 3 is 2.00 bits per heavy atom. The van der Waals surface area contributed by atoms with E-state index in [4.69, 9.17) is 0 Å². The summed E-state index contributed by atoms with van der Waals surface area (Å²) in [6.07, 6.45) is 9.37. The van der Waals surface area contributed by atoms with Gasteiger partial charge in [-0.05, 0) is 98.3 Å². The fraction of sp³-hybridized carbons (Fsp3) is 0.562. The molecular formula is C32H43N3O4S. The molecule has 40 heavy (non-hydrogen) atoms. The van der Waals surface area contributed by atoms with Gasteiger partial charge in [-0.15, -0.1) is 0 Å². The number of nitrogens with one attached hydrogen (secondary N) is 1. The lowest BCUT2D eigenvalue weighted by molar-refractivity contribution is -0.140. The Labute approximate surface area is 239 Å². The molecule has 1 unspecified atom stereocenters. The lowest BCUT2D eigenvalue weighted by atomic mass is 9.48. The van der Waals surface area contributed by atoms with Crippen LogP contribution in [0.5, 0.6) is 0 Å². The van der Waals surface area contributed by atoms with Gasteiger partial charge in [0.15, 0.2) is 0 Å². The molecule has 0 aromatic heterocycles. The van der Waals surface area contributed by atoms with Crippen LogP contribution in [0.2, 0.25) is 0 Å². The molecule has 4 bridgehead atoms. The summed E-state index contributed by atoms with van der Waals surface area (Å²) in [5.41, 5.74) is 2.88. The van der Waals surface area contributed by atoms with Crippen LogP contribution in [0.25, 0.3) is 0 Å². The summed E-state index contributed by atoms with van der Waals surface area (Å²) in [7, 11) is -3.75. The van der Waals surface area contributed by atoms with Gasteiger partial charge in [-0.25, -0.2) is 8.42 Å². The number of likely N-dealkylation sites (N-methyl/N-ethyl adjacent to an activating group) is 1. The van der Waals surface area contributed by atoms with Crippen LogP contribution in [-0.4, -0.2) is 50.5 Å². The Kier molecular flexibility index (Phi) is 8.27. The van der Waals surface area contributed by atoms with E-state index in [1.54, 1.807) is 0 Å². The summed E-state index contributed by atoms with van der Waals surface area (Å²) in [6, 6.07) is 16.7. The molecule has 0 aliphatic heterocycles. The summed E-state index contributed by atoms with van der Waals surface area (Å²) >= 11 is 0. The highest BCUT2D eigenvalue weighted by Gasteiger charge is 2.51. The third kappa shape index (κ3) is 5.92. The van der Waals surface area contributed by atoms with Crippen LogP contribution >= 0.6 is 0 Å². The minimum absolute atomic E-state index is 0.215. The van der Waals surface area contributed by atoms with Crippen LogP contribution in [0.4, 0.5) is 5.69 Å². The zero-order valence-corrected chi connectivity index (χ0v) is 24.8. The number of amides is 2. The van der Waals surface area contributed by atoms with Crippen molar-refractivity contribution in [2.24, 2.45) is 17.8 Å². The number of anilines is 1. The molecule has 4 aliphatic carbocycles. The molecule has 0 saturated heterocycles. The highest BCUT2D eigenvalue weighted by atomic mass is 32.2. The van der Waals surface area contributed by atoms with Crippen molar-refractivity contribution in [1.82, 2.24) is 10.2 Å². The van der Waals surface area contributed by atoms with E-state index in [-0.39, 0.29) is 24.4 Å². The molecular weight excluding hydrogens is 522 g/mol. The van der Waals surface area contributed by atoms with Crippen molar-refractivity contribution >= 4 is 27.5 Å². The number of carbonyl (C=O) groups is 2. The van der Waals surface area contributed by atoms with Gasteiger partial charge in [0.05, 0.1) is 11.9 Å². The van der Waals surface area contributed by atoms with Crippen molar-refractivity contribution in [3.63, 3.8) is 0 Å². The molecule has 216 valence electrons. The van der Waals surface area contributed by atoms with Crippen molar-refractivity contribution in [1.29, 1.82) is 0 Å². The minimum Gasteiger partial charge on any atom is -0.355 e. The number of nitrogens with zero attached hydrogens (tertiary/aromatic N) is 2. The molecule has 8 heteroatoms. The Morgan fingerprint density at radius 1 is 0.925 bits per heavy atom. The molecule has 7 nitrogen and oxygen atoms in total. The summed E-state index contributed by atoms with van der Waals surface area (Å²) in [4.78, 5) is 28.3. The van der Waals surface area contributed by atoms with Gasteiger partial charge in [0.1, 0.15) is 12.6 Å². The van der Waals surface area contributed by atoms with E-state index < -0.39 is 22.0 Å². The minimum atomic E-state index is -3.75. The van der Waals surface area contributed by atoms with Gasteiger partial charge in [-0.2, -0.15) is 0 Å². The number of benzene rings is 2. The van der Waals surface area contributed by atoms with Crippen molar-refractivity contribution in [2.45, 2.75) is 76.8 Å². The number of hydrogen-bond acceptors (Lipinski definition) is 4. The Balaban J connectivity index is 1.40. The quantitative estimate of drug-likeness (QED) is 0.422. The molecule has 4 fully saturated rings. The third-order valence-electron chi connectivity index (χ3n) is 9.42. The van der Waals surface area contributed by atoms with Gasteiger partial charge in [-0.1, -0.05) is 49.4 Å². The molecule has 1 atom stereocenters. The van der Waals surface area contributed by atoms with Gasteiger partial charge in [0.2, 0.25) is 21.8 Å². The highest BCUT2D eigenvalue weighted by Crippen LogP contribution is 2.60. The van der Waals surface area contributed by atoms with Gasteiger partial charge in [-0.3, -0.25) is 13.9 Å². The zero-order chi connectivity index (χ0) is 28.5. The fourth-order valence-electron chi connectivity index (χ4n) is 8.05. The van der Waals surface area contributed by atoms with Gasteiger partial charge >= 0.3 is 0 Å². The second-order valence-corrected chi connectivity index (χ2v) is 14.2. The van der Waals surface area contributed by atoms with Crippen molar-refractivity contribution in [3.8, 4) is 0 Å². The molecule has 6 rings (SSSR count). The van der Waals surface area contributed by atoms with Crippen molar-refractivity contribution in [3.05, 3.63) is 65.7 Å². The van der Waals surface area contributed by atoms with Crippen molar-refractivity contribution in [2.75, 3.05) is 23.7 Å². The van der Waals surface area contributed by atoms with Crippen LogP contribution in [-0.2, 0) is 31.6 Å². The number of hydrogen-bond donors (Lipinski definition) is 1. The lowest BCUT2D eigenvalue weighted by Gasteiger charge is -2.57. The van der Waals surface area contributed by atoms with Gasteiger partial charge < -0.3 is 10.2 Å². The normalized spacial score (nSPS) is 25.8. The maximum Gasteiger partial charge on any atom is 0.244 e. The number of sulfonamides is 1. The van der Waals surface area contributed by atoms with E-state index in [0.717, 1.165) is 29.6 Å². The van der Waals surface area contributed by atoms with E-state index in [1.807, 2.05) is 56.3 Å². The van der Waals surface area contributed by atoms with E-state index in [1.165, 1.54) is 53.3 Å². The van der Waals surface area contributed by atoms with Crippen LogP contribution in [0.1, 0.15) is 69.9 Å². The summed E-state index contributed by atoms with van der Waals surface area (Å²) in [6.45, 7) is 4.01. The van der Waals surface area contributed by atoms with E-state index in [0.29, 0.717) is 18.7 Å². The molecule has 0 radical (unpaired) electrons. The van der Waals surface area contributed by atoms with E-state index in [9.17, 15) is 18.0 Å². The predicted octanol–water partition coefficient (Wildman–Crippen LogP) is 4.86. The molecule has 2 amide bonds. The molecule has 0 heterocycles. The van der Waals surface area contributed by atoms with Gasteiger partial charge in [0.25, 0.3) is 0 Å². The SMILES string of the molecule is CCNC(=O)C(CC)N(Cc1ccccc1)C(=O)CN(c1ccc(C23CC4CC(CC(C4)C2)C3)cc1)S(C)(=O)=O. The summed E-state index contributed by atoms with van der Waals surface area (Å²) in [5, 5.41) is 2.83. The van der Waals surface area contributed by atoms with Crippen LogP contribution < -0.4 is 9.62 Å². The standard InChI is InChI=1S/C32H43N3O4S/c1-4-29(31(37)33-5-2)34(21-23-9-7-6-8-10-23)30(36)22-35(40(3,38)39)28-13-11-27(12-14-28)32-18-24-15-25(19-32)17-26(16-24)20-32/h6-14,24-26,29H,4-5,15-22H2,1-3H3,(H,33,37). The molecule has 2 aromatic rings. The maximum absolute atomic E-state index is 13.8. The second kappa shape index (κ2) is 11.6. The first kappa shape index (κ1) is 28.7. The maximum atomic E-state index is 13.8. The molecule has 4 saturated carbocycles. The first-order valence-corrected chi connectivity index (χ1v) is 16.7. The lowest BCUT2D eigenvalue weighted by Crippen LogP contribution is -2.52. The monoisotopic (exact) mass is 565 g/mol. The second-order valence-electron chi connectivity index (χ2n) is 12.3. The molecule has 2 aromatic carbocycles. The molecule has 0 spiro atoms. The molecule has 4 aliphatic rings. The largest absolute Gasteiger partial charge is 0.355 e. The highest BCUT2D eigenvalue weighted by molar-refractivity contribution is 7.92. The Hall–Kier alpha value is -2.87. The Morgan fingerprint density at radius 2 is 1.50 bits per heavy atom. The smallest absolute Gasteiger partial charge is 0.244 e. The molecule has 1 N–H and O–H groups in total. The predicted molar refractivity (Wildman–Crippen MR) is 158 cm³/mol. The van der Waals surface area contributed by atoms with Crippen molar-refractivity contribution < 1.29 is 18.0 Å². The van der Waals surface area contributed by atoms with E-state index in [2.05, 4.69) is 17.4 Å². The third-order valence-corrected chi connectivity index (χ3v) is 10.6. The summed E-state index contributed by atoms with van der Waals surface area (Å²) in [5.74, 6) is 1.83. The van der Waals surface area contributed by atoms with Crippen LogP contribution in [0.15, 0.2) is 54.6 Å².